The Bertz CT molecular complexity index is 447. The van der Waals surface area contributed by atoms with Gasteiger partial charge < -0.3 is 14.7 Å². The van der Waals surface area contributed by atoms with Gasteiger partial charge in [-0.2, -0.15) is 0 Å². The molecule has 4 nitrogen and oxygen atoms in total. The number of methoxy groups -OCH3 is 1. The molecule has 0 aliphatic heterocycles. The summed E-state index contributed by atoms with van der Waals surface area (Å²) in [6, 6.07) is 5.58. The van der Waals surface area contributed by atoms with Crippen molar-refractivity contribution in [2.24, 2.45) is 0 Å². The Labute approximate surface area is 128 Å². The van der Waals surface area contributed by atoms with Gasteiger partial charge in [-0.25, -0.2) is 4.79 Å². The van der Waals surface area contributed by atoms with Gasteiger partial charge in [-0.05, 0) is 31.0 Å². The highest BCUT2D eigenvalue weighted by atomic mass is 79.9. The fraction of sp³-hybridized carbons (Fsp3) is 0.533. The van der Waals surface area contributed by atoms with Gasteiger partial charge in [0.1, 0.15) is 0 Å². The molecule has 1 N–H and O–H groups in total. The maximum absolute atomic E-state index is 11.4. The van der Waals surface area contributed by atoms with Crippen LogP contribution in [0.5, 0.6) is 0 Å². The summed E-state index contributed by atoms with van der Waals surface area (Å²) >= 11 is 3.42. The Morgan fingerprint density at radius 3 is 2.55 bits per heavy atom. The van der Waals surface area contributed by atoms with Crippen molar-refractivity contribution in [2.45, 2.75) is 32.7 Å². The van der Waals surface area contributed by atoms with Gasteiger partial charge >= 0.3 is 5.97 Å². The first-order chi connectivity index (χ1) is 9.54. The highest BCUT2D eigenvalue weighted by Gasteiger charge is 2.21. The van der Waals surface area contributed by atoms with Crippen LogP contribution in [0.3, 0.4) is 0 Å². The number of halogens is 1. The fourth-order valence-corrected chi connectivity index (χ4v) is 2.69. The van der Waals surface area contributed by atoms with Gasteiger partial charge in [0.05, 0.1) is 17.9 Å². The van der Waals surface area contributed by atoms with E-state index < -0.39 is 5.97 Å². The van der Waals surface area contributed by atoms with E-state index in [2.05, 4.69) is 34.7 Å². The topological polar surface area (TPSA) is 49.8 Å². The van der Waals surface area contributed by atoms with Gasteiger partial charge in [0, 0.05) is 24.2 Å². The summed E-state index contributed by atoms with van der Waals surface area (Å²) in [7, 11) is 1.66. The van der Waals surface area contributed by atoms with Crippen LogP contribution in [0.15, 0.2) is 22.7 Å². The molecule has 0 fully saturated rings. The number of aromatic carboxylic acids is 1. The Kier molecular flexibility index (Phi) is 7.02. The van der Waals surface area contributed by atoms with E-state index in [1.165, 1.54) is 0 Å². The first kappa shape index (κ1) is 17.0. The molecular formula is C15H22BrNO3. The molecule has 0 atom stereocenters. The molecule has 112 valence electrons. The van der Waals surface area contributed by atoms with Crippen molar-refractivity contribution in [2.75, 3.05) is 25.2 Å². The lowest BCUT2D eigenvalue weighted by atomic mass is 10.1. The Hall–Kier alpha value is -1.07. The number of anilines is 1. The van der Waals surface area contributed by atoms with Crippen LogP contribution in [0.4, 0.5) is 5.69 Å². The van der Waals surface area contributed by atoms with E-state index in [0.717, 1.165) is 23.0 Å². The van der Waals surface area contributed by atoms with Crippen LogP contribution in [0.2, 0.25) is 0 Å². The summed E-state index contributed by atoms with van der Waals surface area (Å²) in [4.78, 5) is 13.6. The van der Waals surface area contributed by atoms with Gasteiger partial charge in [0.15, 0.2) is 0 Å². The first-order valence-electron chi connectivity index (χ1n) is 6.83. The van der Waals surface area contributed by atoms with Gasteiger partial charge in [-0.3, -0.25) is 0 Å². The van der Waals surface area contributed by atoms with Crippen LogP contribution in [0, 0.1) is 0 Å². The summed E-state index contributed by atoms with van der Waals surface area (Å²) in [5.41, 5.74) is 1.08. The average molecular weight is 344 g/mol. The molecule has 0 radical (unpaired) electrons. The molecule has 0 unspecified atom stereocenters. The number of carboxylic acids is 1. The zero-order chi connectivity index (χ0) is 15.1. The van der Waals surface area contributed by atoms with Crippen molar-refractivity contribution in [3.05, 3.63) is 28.2 Å². The number of hydrogen-bond donors (Lipinski definition) is 1. The highest BCUT2D eigenvalue weighted by molar-refractivity contribution is 9.10. The molecule has 0 bridgehead atoms. The molecular weight excluding hydrogens is 322 g/mol. The second-order valence-electron chi connectivity index (χ2n) is 4.62. The van der Waals surface area contributed by atoms with E-state index in [1.807, 2.05) is 6.07 Å². The number of benzene rings is 1. The molecule has 0 aliphatic carbocycles. The number of carboxylic acid groups (broad SMARTS) is 1. The van der Waals surface area contributed by atoms with Crippen LogP contribution in [-0.2, 0) is 4.74 Å². The maximum Gasteiger partial charge on any atom is 0.337 e. The molecule has 1 rings (SSSR count). The van der Waals surface area contributed by atoms with Crippen LogP contribution < -0.4 is 4.90 Å². The lowest BCUT2D eigenvalue weighted by molar-refractivity contribution is 0.0697. The van der Waals surface area contributed by atoms with Crippen LogP contribution in [0.1, 0.15) is 37.0 Å². The van der Waals surface area contributed by atoms with Crippen LogP contribution in [-0.4, -0.2) is 37.4 Å². The number of nitrogens with zero attached hydrogens (tertiary/aromatic N) is 1. The van der Waals surface area contributed by atoms with Gasteiger partial charge in [-0.1, -0.05) is 29.8 Å². The van der Waals surface area contributed by atoms with E-state index in [1.54, 1.807) is 19.2 Å². The third-order valence-corrected chi connectivity index (χ3v) is 3.91. The molecule has 0 spiro atoms. The molecule has 5 heteroatoms. The van der Waals surface area contributed by atoms with E-state index in [-0.39, 0.29) is 0 Å². The van der Waals surface area contributed by atoms with E-state index in [4.69, 9.17) is 4.74 Å². The van der Waals surface area contributed by atoms with Crippen LogP contribution in [0.25, 0.3) is 0 Å². The number of rotatable bonds is 8. The average Bonchev–Trinajstić information content (AvgIpc) is 2.43. The van der Waals surface area contributed by atoms with Crippen molar-refractivity contribution in [1.29, 1.82) is 0 Å². The summed E-state index contributed by atoms with van der Waals surface area (Å²) < 4.78 is 6.04. The number of hydrogen-bond acceptors (Lipinski definition) is 3. The van der Waals surface area contributed by atoms with Crippen molar-refractivity contribution >= 4 is 27.6 Å². The number of ether oxygens (including phenoxy) is 1. The van der Waals surface area contributed by atoms with Crippen molar-refractivity contribution in [1.82, 2.24) is 0 Å². The van der Waals surface area contributed by atoms with Crippen molar-refractivity contribution < 1.29 is 14.6 Å². The number of carbonyl (C=O) groups is 1. The molecule has 0 aromatic heterocycles. The largest absolute Gasteiger partial charge is 0.478 e. The summed E-state index contributed by atoms with van der Waals surface area (Å²) in [6.07, 6.45) is 1.93. The predicted molar refractivity (Wildman–Crippen MR) is 84.7 cm³/mol. The zero-order valence-corrected chi connectivity index (χ0v) is 13.8. The molecule has 20 heavy (non-hydrogen) atoms. The minimum atomic E-state index is -0.902. The Balaban J connectivity index is 3.23. The minimum Gasteiger partial charge on any atom is -0.478 e. The second-order valence-corrected chi connectivity index (χ2v) is 5.54. The summed E-state index contributed by atoms with van der Waals surface area (Å²) in [5.74, 6) is -0.902. The molecule has 0 heterocycles. The normalized spacial score (nSPS) is 10.8. The third-order valence-electron chi connectivity index (χ3n) is 3.42. The predicted octanol–water partition coefficient (Wildman–Crippen LogP) is 3.79. The van der Waals surface area contributed by atoms with Crippen molar-refractivity contribution in [3.63, 3.8) is 0 Å². The molecule has 0 saturated heterocycles. The molecule has 0 amide bonds. The zero-order valence-electron chi connectivity index (χ0n) is 12.2. The molecule has 0 aliphatic rings. The first-order valence-corrected chi connectivity index (χ1v) is 7.62. The Morgan fingerprint density at radius 1 is 1.40 bits per heavy atom. The lowest BCUT2D eigenvalue weighted by Crippen LogP contribution is -2.38. The van der Waals surface area contributed by atoms with Crippen LogP contribution >= 0.6 is 15.9 Å². The summed E-state index contributed by atoms with van der Waals surface area (Å²) in [6.45, 7) is 5.49. The standard InChI is InChI=1S/C15H22BrNO3/c1-4-12(5-2)17(8-9-20-3)14-10-11(16)6-7-13(14)15(18)19/h6-7,10,12H,4-5,8-9H2,1-3H3,(H,18,19). The highest BCUT2D eigenvalue weighted by Crippen LogP contribution is 2.28. The third kappa shape index (κ3) is 4.21. The van der Waals surface area contributed by atoms with Gasteiger partial charge in [0.25, 0.3) is 0 Å². The second kappa shape index (κ2) is 8.27. The maximum atomic E-state index is 11.4. The summed E-state index contributed by atoms with van der Waals surface area (Å²) in [5, 5.41) is 9.38. The fourth-order valence-electron chi connectivity index (χ4n) is 2.34. The van der Waals surface area contributed by atoms with Gasteiger partial charge in [-0.15, -0.1) is 0 Å². The smallest absolute Gasteiger partial charge is 0.337 e. The molecule has 1 aromatic carbocycles. The van der Waals surface area contributed by atoms with E-state index in [9.17, 15) is 9.90 Å². The SMILES string of the molecule is CCC(CC)N(CCOC)c1cc(Br)ccc1C(=O)O. The minimum absolute atomic E-state index is 0.303. The van der Waals surface area contributed by atoms with Crippen molar-refractivity contribution in [3.8, 4) is 0 Å². The van der Waals surface area contributed by atoms with E-state index in [0.29, 0.717) is 24.8 Å². The lowest BCUT2D eigenvalue weighted by Gasteiger charge is -2.33. The van der Waals surface area contributed by atoms with E-state index >= 15 is 0 Å². The monoisotopic (exact) mass is 343 g/mol. The quantitative estimate of drug-likeness (QED) is 0.780. The molecule has 0 saturated carbocycles. The Morgan fingerprint density at radius 2 is 2.05 bits per heavy atom. The molecule has 1 aromatic rings. The van der Waals surface area contributed by atoms with Gasteiger partial charge in [0.2, 0.25) is 0 Å².